The molecule has 9 heteroatoms. The summed E-state index contributed by atoms with van der Waals surface area (Å²) < 4.78 is 38.4. The Morgan fingerprint density at radius 1 is 0.543 bits per heavy atom. The number of para-hydroxylation sites is 1. The molecule has 35 heavy (non-hydrogen) atoms. The summed E-state index contributed by atoms with van der Waals surface area (Å²) in [4.78, 5) is 11.0. The van der Waals surface area contributed by atoms with Crippen molar-refractivity contribution in [3.05, 3.63) is 54.6 Å². The lowest BCUT2D eigenvalue weighted by Gasteiger charge is -2.09. The minimum absolute atomic E-state index is 0.103. The van der Waals surface area contributed by atoms with Crippen LogP contribution in [-0.4, -0.2) is 85.2 Å². The summed E-state index contributed by atoms with van der Waals surface area (Å²) in [7, 11) is 0. The smallest absolute Gasteiger partial charge is 0.221 e. The number of carbonyl (C=O) groups excluding carboxylic acids is 1. The summed E-state index contributed by atoms with van der Waals surface area (Å²) in [5.41, 5.74) is 0.737. The number of rotatable bonds is 21. The quantitative estimate of drug-likeness (QED) is 0.266. The topological polar surface area (TPSA) is 93.7 Å². The molecule has 0 fully saturated rings. The molecule has 0 radical (unpaired) electrons. The fourth-order valence-corrected chi connectivity index (χ4v) is 2.77. The summed E-state index contributed by atoms with van der Waals surface area (Å²) in [6, 6.07) is 16.8. The molecule has 2 aromatic rings. The Labute approximate surface area is 207 Å². The van der Waals surface area contributed by atoms with E-state index < -0.39 is 0 Å². The van der Waals surface area contributed by atoms with Crippen LogP contribution in [0.4, 0.5) is 5.69 Å². The first-order valence-corrected chi connectivity index (χ1v) is 11.8. The van der Waals surface area contributed by atoms with Crippen LogP contribution in [0.1, 0.15) is 6.92 Å². The number of carbonyl (C=O) groups is 1. The number of benzene rings is 2. The van der Waals surface area contributed by atoms with Crippen molar-refractivity contribution in [1.29, 1.82) is 0 Å². The van der Waals surface area contributed by atoms with E-state index in [1.807, 2.05) is 30.3 Å². The standard InChI is InChI=1S/C26H37NO8/c1-23(28)27-24-7-9-26(10-8-24)35-22-20-33-18-16-31-14-12-29-11-13-30-15-17-32-19-21-34-25-5-3-2-4-6-25/h2-10H,11-22H2,1H3,(H,27,28). The summed E-state index contributed by atoms with van der Waals surface area (Å²) in [5.74, 6) is 1.46. The predicted octanol–water partition coefficient (Wildman–Crippen LogP) is 3.19. The first-order valence-electron chi connectivity index (χ1n) is 11.8. The molecule has 1 N–H and O–H groups in total. The highest BCUT2D eigenvalue weighted by Crippen LogP contribution is 2.15. The van der Waals surface area contributed by atoms with E-state index in [1.54, 1.807) is 24.3 Å². The summed E-state index contributed by atoms with van der Waals surface area (Å²) >= 11 is 0. The lowest BCUT2D eigenvalue weighted by atomic mass is 10.3. The van der Waals surface area contributed by atoms with Crippen molar-refractivity contribution in [1.82, 2.24) is 0 Å². The molecular formula is C26H37NO8. The van der Waals surface area contributed by atoms with E-state index in [0.717, 1.165) is 17.2 Å². The SMILES string of the molecule is CC(=O)Nc1ccc(OCCOCCOCCOCCOCCOCCOc2ccccc2)cc1. The number of amides is 1. The summed E-state index contributed by atoms with van der Waals surface area (Å²) in [5, 5.41) is 2.71. The fraction of sp³-hybridized carbons (Fsp3) is 0.500. The van der Waals surface area contributed by atoms with Gasteiger partial charge in [-0.2, -0.15) is 0 Å². The van der Waals surface area contributed by atoms with Crippen LogP contribution in [0.3, 0.4) is 0 Å². The molecule has 2 aromatic carbocycles. The van der Waals surface area contributed by atoms with Crippen LogP contribution in [0.25, 0.3) is 0 Å². The van der Waals surface area contributed by atoms with Crippen LogP contribution in [0.2, 0.25) is 0 Å². The maximum atomic E-state index is 11.0. The number of ether oxygens (including phenoxy) is 7. The molecule has 0 saturated heterocycles. The van der Waals surface area contributed by atoms with Crippen molar-refractivity contribution in [2.75, 3.05) is 84.6 Å². The van der Waals surface area contributed by atoms with Gasteiger partial charge in [-0.1, -0.05) is 18.2 Å². The van der Waals surface area contributed by atoms with Gasteiger partial charge in [0.1, 0.15) is 24.7 Å². The lowest BCUT2D eigenvalue weighted by Crippen LogP contribution is -2.15. The Morgan fingerprint density at radius 3 is 1.31 bits per heavy atom. The van der Waals surface area contributed by atoms with Gasteiger partial charge in [0.05, 0.1) is 66.1 Å². The largest absolute Gasteiger partial charge is 0.491 e. The zero-order valence-corrected chi connectivity index (χ0v) is 20.4. The third-order valence-corrected chi connectivity index (χ3v) is 4.40. The molecule has 0 spiro atoms. The van der Waals surface area contributed by atoms with Gasteiger partial charge in [0, 0.05) is 12.6 Å². The van der Waals surface area contributed by atoms with Crippen LogP contribution in [0.15, 0.2) is 54.6 Å². The molecule has 0 atom stereocenters. The van der Waals surface area contributed by atoms with Gasteiger partial charge in [-0.05, 0) is 36.4 Å². The zero-order chi connectivity index (χ0) is 24.8. The molecule has 0 aromatic heterocycles. The second-order valence-corrected chi connectivity index (χ2v) is 7.28. The predicted molar refractivity (Wildman–Crippen MR) is 132 cm³/mol. The van der Waals surface area contributed by atoms with Crippen molar-refractivity contribution < 1.29 is 38.0 Å². The summed E-state index contributed by atoms with van der Waals surface area (Å²) in [6.45, 7) is 7.50. The first kappa shape index (κ1) is 28.5. The minimum atomic E-state index is -0.103. The van der Waals surface area contributed by atoms with E-state index in [4.69, 9.17) is 33.2 Å². The van der Waals surface area contributed by atoms with Gasteiger partial charge >= 0.3 is 0 Å². The van der Waals surface area contributed by atoms with Gasteiger partial charge < -0.3 is 38.5 Å². The molecular weight excluding hydrogens is 454 g/mol. The fourth-order valence-electron chi connectivity index (χ4n) is 2.77. The average molecular weight is 492 g/mol. The zero-order valence-electron chi connectivity index (χ0n) is 20.4. The van der Waals surface area contributed by atoms with Crippen LogP contribution in [0.5, 0.6) is 11.5 Å². The number of hydrogen-bond acceptors (Lipinski definition) is 8. The van der Waals surface area contributed by atoms with Crippen LogP contribution >= 0.6 is 0 Å². The molecule has 0 saturated carbocycles. The van der Waals surface area contributed by atoms with E-state index in [-0.39, 0.29) is 5.91 Å². The van der Waals surface area contributed by atoms with Crippen molar-refractivity contribution in [3.8, 4) is 11.5 Å². The highest BCUT2D eigenvalue weighted by Gasteiger charge is 1.98. The second kappa shape index (κ2) is 19.6. The average Bonchev–Trinajstić information content (AvgIpc) is 2.86. The molecule has 194 valence electrons. The molecule has 0 heterocycles. The van der Waals surface area contributed by atoms with Crippen molar-refractivity contribution in [2.45, 2.75) is 6.92 Å². The van der Waals surface area contributed by atoms with Gasteiger partial charge in [0.2, 0.25) is 5.91 Å². The first-order chi connectivity index (χ1) is 17.2. The Balaban J connectivity index is 1.25. The lowest BCUT2D eigenvalue weighted by molar-refractivity contribution is -0.114. The Morgan fingerprint density at radius 2 is 0.914 bits per heavy atom. The van der Waals surface area contributed by atoms with Crippen molar-refractivity contribution in [3.63, 3.8) is 0 Å². The molecule has 0 unspecified atom stereocenters. The van der Waals surface area contributed by atoms with E-state index in [9.17, 15) is 4.79 Å². The van der Waals surface area contributed by atoms with Gasteiger partial charge in [0.15, 0.2) is 0 Å². The van der Waals surface area contributed by atoms with Crippen LogP contribution in [0, 0.1) is 0 Å². The van der Waals surface area contributed by atoms with Crippen LogP contribution < -0.4 is 14.8 Å². The van der Waals surface area contributed by atoms with E-state index in [2.05, 4.69) is 5.32 Å². The number of hydrogen-bond donors (Lipinski definition) is 1. The molecule has 0 aliphatic heterocycles. The van der Waals surface area contributed by atoms with Gasteiger partial charge in [-0.25, -0.2) is 0 Å². The highest BCUT2D eigenvalue weighted by atomic mass is 16.6. The molecule has 0 aliphatic carbocycles. The third-order valence-electron chi connectivity index (χ3n) is 4.40. The Hall–Kier alpha value is -2.69. The van der Waals surface area contributed by atoms with Crippen molar-refractivity contribution in [2.24, 2.45) is 0 Å². The highest BCUT2D eigenvalue weighted by molar-refractivity contribution is 5.88. The van der Waals surface area contributed by atoms with Gasteiger partial charge in [-0.15, -0.1) is 0 Å². The minimum Gasteiger partial charge on any atom is -0.491 e. The monoisotopic (exact) mass is 491 g/mol. The molecule has 2 rings (SSSR count). The maximum Gasteiger partial charge on any atom is 0.221 e. The van der Waals surface area contributed by atoms with Crippen LogP contribution in [-0.2, 0) is 28.5 Å². The number of anilines is 1. The van der Waals surface area contributed by atoms with Gasteiger partial charge in [0.25, 0.3) is 0 Å². The Kier molecular flexibility index (Phi) is 16.0. The third kappa shape index (κ3) is 15.8. The molecule has 9 nitrogen and oxygen atoms in total. The maximum absolute atomic E-state index is 11.0. The molecule has 0 bridgehead atoms. The van der Waals surface area contributed by atoms with Crippen molar-refractivity contribution >= 4 is 11.6 Å². The number of nitrogens with one attached hydrogen (secondary N) is 1. The van der Waals surface area contributed by atoms with E-state index in [0.29, 0.717) is 79.3 Å². The summed E-state index contributed by atoms with van der Waals surface area (Å²) in [6.07, 6.45) is 0. The van der Waals surface area contributed by atoms with Gasteiger partial charge in [-0.3, -0.25) is 4.79 Å². The molecule has 1 amide bonds. The van der Waals surface area contributed by atoms with E-state index in [1.165, 1.54) is 6.92 Å². The second-order valence-electron chi connectivity index (χ2n) is 7.28. The Bertz CT molecular complexity index is 773. The normalized spacial score (nSPS) is 10.8. The van der Waals surface area contributed by atoms with E-state index >= 15 is 0 Å². The molecule has 0 aliphatic rings.